The number of rotatable bonds is 10. The first-order valence-electron chi connectivity index (χ1n) is 9.42. The van der Waals surface area contributed by atoms with Crippen molar-refractivity contribution in [3.05, 3.63) is 73.3 Å². The van der Waals surface area contributed by atoms with Gasteiger partial charge in [0.1, 0.15) is 5.75 Å². The molecular weight excluding hydrogens is 434 g/mol. The van der Waals surface area contributed by atoms with Gasteiger partial charge in [-0.05, 0) is 35.9 Å². The second-order valence-corrected chi connectivity index (χ2v) is 9.59. The monoisotopic (exact) mass is 457 g/mol. The molecule has 1 N–H and O–H groups in total. The first-order valence-corrected chi connectivity index (χ1v) is 11.7. The zero-order valence-electron chi connectivity index (χ0n) is 17.1. The third kappa shape index (κ3) is 5.38. The minimum absolute atomic E-state index is 0.156. The van der Waals surface area contributed by atoms with Crippen molar-refractivity contribution in [3.8, 4) is 5.75 Å². The van der Waals surface area contributed by atoms with Gasteiger partial charge in [0.25, 0.3) is 0 Å². The van der Waals surface area contributed by atoms with Crippen LogP contribution in [0.25, 0.3) is 10.2 Å². The van der Waals surface area contributed by atoms with E-state index in [0.717, 1.165) is 11.3 Å². The molecule has 0 unspecified atom stereocenters. The van der Waals surface area contributed by atoms with Crippen molar-refractivity contribution in [1.29, 1.82) is 0 Å². The van der Waals surface area contributed by atoms with Crippen LogP contribution in [0.5, 0.6) is 5.75 Å². The number of amides is 1. The second kappa shape index (κ2) is 9.86. The molecule has 7 nitrogen and oxygen atoms in total. The molecule has 0 aliphatic heterocycles. The van der Waals surface area contributed by atoms with Crippen molar-refractivity contribution in [2.75, 3.05) is 25.5 Å². The fourth-order valence-electron chi connectivity index (χ4n) is 2.92. The molecule has 2 aromatic carbocycles. The molecule has 9 heteroatoms. The largest absolute Gasteiger partial charge is 0.497 e. The average Bonchev–Trinajstić information content (AvgIpc) is 3.15. The number of aromatic nitrogens is 1. The Morgan fingerprint density at radius 1 is 1.16 bits per heavy atom. The summed E-state index contributed by atoms with van der Waals surface area (Å²) in [6.07, 6.45) is 3.25. The molecule has 1 amide bonds. The minimum Gasteiger partial charge on any atom is -0.497 e. The quantitative estimate of drug-likeness (QED) is 0.467. The summed E-state index contributed by atoms with van der Waals surface area (Å²) in [5, 5.41) is 3.19. The van der Waals surface area contributed by atoms with E-state index in [1.807, 2.05) is 12.1 Å². The summed E-state index contributed by atoms with van der Waals surface area (Å²) in [6.45, 7) is 7.59. The van der Waals surface area contributed by atoms with Gasteiger partial charge in [0, 0.05) is 13.1 Å². The molecule has 1 aromatic heterocycles. The zero-order chi connectivity index (χ0) is 22.4. The van der Waals surface area contributed by atoms with Crippen molar-refractivity contribution >= 4 is 42.6 Å². The molecule has 0 saturated carbocycles. The van der Waals surface area contributed by atoms with Crippen LogP contribution in [0.15, 0.2) is 72.7 Å². The van der Waals surface area contributed by atoms with Gasteiger partial charge in [-0.15, -0.1) is 13.2 Å². The normalized spacial score (nSPS) is 11.4. The lowest BCUT2D eigenvalue weighted by Crippen LogP contribution is -2.31. The zero-order valence-corrected chi connectivity index (χ0v) is 18.7. The SMILES string of the molecule is C=CCN(CC=C)S(=O)(=O)c1ccc2nc(NC(=O)Cc3ccc(OC)cc3)sc2c1. The highest BCUT2D eigenvalue weighted by Crippen LogP contribution is 2.29. The number of benzene rings is 2. The average molecular weight is 458 g/mol. The molecule has 0 atom stereocenters. The van der Waals surface area contributed by atoms with E-state index in [2.05, 4.69) is 23.5 Å². The van der Waals surface area contributed by atoms with Crippen molar-refractivity contribution in [2.24, 2.45) is 0 Å². The number of sulfonamides is 1. The van der Waals surface area contributed by atoms with Crippen molar-refractivity contribution in [1.82, 2.24) is 9.29 Å². The fraction of sp³-hybridized carbons (Fsp3) is 0.182. The summed E-state index contributed by atoms with van der Waals surface area (Å²) in [6, 6.07) is 12.0. The number of hydrogen-bond donors (Lipinski definition) is 1. The van der Waals surface area contributed by atoms with Gasteiger partial charge in [-0.1, -0.05) is 35.6 Å². The predicted molar refractivity (Wildman–Crippen MR) is 124 cm³/mol. The van der Waals surface area contributed by atoms with E-state index in [-0.39, 0.29) is 30.3 Å². The van der Waals surface area contributed by atoms with Crippen LogP contribution >= 0.6 is 11.3 Å². The van der Waals surface area contributed by atoms with Gasteiger partial charge in [0.2, 0.25) is 15.9 Å². The van der Waals surface area contributed by atoms with Gasteiger partial charge in [-0.25, -0.2) is 13.4 Å². The highest BCUT2D eigenvalue weighted by molar-refractivity contribution is 7.89. The maximum Gasteiger partial charge on any atom is 0.243 e. The number of nitrogens with zero attached hydrogens (tertiary/aromatic N) is 2. The second-order valence-electron chi connectivity index (χ2n) is 6.62. The van der Waals surface area contributed by atoms with E-state index in [1.54, 1.807) is 31.4 Å². The number of thiazole rings is 1. The summed E-state index contributed by atoms with van der Waals surface area (Å²) in [5.41, 5.74) is 1.46. The molecule has 162 valence electrons. The van der Waals surface area contributed by atoms with Crippen LogP contribution in [0, 0.1) is 0 Å². The molecular formula is C22H23N3O4S2. The predicted octanol–water partition coefficient (Wildman–Crippen LogP) is 3.85. The van der Waals surface area contributed by atoms with Crippen LogP contribution < -0.4 is 10.1 Å². The first-order chi connectivity index (χ1) is 14.9. The van der Waals surface area contributed by atoms with E-state index in [9.17, 15) is 13.2 Å². The topological polar surface area (TPSA) is 88.6 Å². The number of fused-ring (bicyclic) bond motifs is 1. The van der Waals surface area contributed by atoms with Crippen molar-refractivity contribution in [3.63, 3.8) is 0 Å². The van der Waals surface area contributed by atoms with Gasteiger partial charge in [0.05, 0.1) is 28.6 Å². The Kier molecular flexibility index (Phi) is 7.21. The number of ether oxygens (including phenoxy) is 1. The molecule has 0 fully saturated rings. The third-order valence-electron chi connectivity index (χ3n) is 4.43. The number of nitrogens with one attached hydrogen (secondary N) is 1. The van der Waals surface area contributed by atoms with Gasteiger partial charge in [-0.2, -0.15) is 4.31 Å². The van der Waals surface area contributed by atoms with Gasteiger partial charge in [0.15, 0.2) is 5.13 Å². The molecule has 0 aliphatic carbocycles. The lowest BCUT2D eigenvalue weighted by atomic mass is 10.1. The summed E-state index contributed by atoms with van der Waals surface area (Å²) in [5.74, 6) is 0.515. The van der Waals surface area contributed by atoms with E-state index >= 15 is 0 Å². The molecule has 3 aromatic rings. The van der Waals surface area contributed by atoms with Crippen molar-refractivity contribution < 1.29 is 17.9 Å². The summed E-state index contributed by atoms with van der Waals surface area (Å²) < 4.78 is 32.9. The fourth-order valence-corrected chi connectivity index (χ4v) is 5.32. The lowest BCUT2D eigenvalue weighted by molar-refractivity contribution is -0.115. The Labute approximate surface area is 185 Å². The Balaban J connectivity index is 1.77. The number of methoxy groups -OCH3 is 1. The van der Waals surface area contributed by atoms with E-state index in [0.29, 0.717) is 15.3 Å². The summed E-state index contributed by atoms with van der Waals surface area (Å²) >= 11 is 1.22. The lowest BCUT2D eigenvalue weighted by Gasteiger charge is -2.18. The van der Waals surface area contributed by atoms with Crippen LogP contribution in [0.2, 0.25) is 0 Å². The Hall–Kier alpha value is -3.01. The van der Waals surface area contributed by atoms with Crippen LogP contribution in [0.3, 0.4) is 0 Å². The number of carbonyl (C=O) groups is 1. The highest BCUT2D eigenvalue weighted by Gasteiger charge is 2.23. The Morgan fingerprint density at radius 3 is 2.45 bits per heavy atom. The summed E-state index contributed by atoms with van der Waals surface area (Å²) in [7, 11) is -2.12. The molecule has 0 radical (unpaired) electrons. The Bertz CT molecular complexity index is 1190. The molecule has 0 bridgehead atoms. The van der Waals surface area contributed by atoms with E-state index < -0.39 is 10.0 Å². The maximum atomic E-state index is 12.9. The van der Waals surface area contributed by atoms with E-state index in [1.165, 1.54) is 33.9 Å². The minimum atomic E-state index is -3.70. The standard InChI is InChI=1S/C22H23N3O4S2/c1-4-12-25(13-5-2)31(27,28)18-10-11-19-20(15-18)30-22(23-19)24-21(26)14-16-6-8-17(29-3)9-7-16/h4-11,15H,1-2,12-14H2,3H3,(H,23,24,26). The Morgan fingerprint density at radius 2 is 1.84 bits per heavy atom. The molecule has 0 spiro atoms. The van der Waals surface area contributed by atoms with Crippen molar-refractivity contribution in [2.45, 2.75) is 11.3 Å². The van der Waals surface area contributed by atoms with E-state index in [4.69, 9.17) is 4.74 Å². The molecule has 31 heavy (non-hydrogen) atoms. The number of carbonyl (C=O) groups excluding carboxylic acids is 1. The highest BCUT2D eigenvalue weighted by atomic mass is 32.2. The smallest absolute Gasteiger partial charge is 0.243 e. The number of anilines is 1. The van der Waals surface area contributed by atoms with Gasteiger partial charge < -0.3 is 10.1 Å². The van der Waals surface area contributed by atoms with Crippen LogP contribution in [-0.4, -0.2) is 43.8 Å². The van der Waals surface area contributed by atoms with Gasteiger partial charge in [-0.3, -0.25) is 4.79 Å². The molecule has 1 heterocycles. The molecule has 3 rings (SSSR count). The van der Waals surface area contributed by atoms with Crippen LogP contribution in [0.4, 0.5) is 5.13 Å². The van der Waals surface area contributed by atoms with Gasteiger partial charge >= 0.3 is 0 Å². The maximum absolute atomic E-state index is 12.9. The first kappa shape index (κ1) is 22.7. The summed E-state index contributed by atoms with van der Waals surface area (Å²) in [4.78, 5) is 16.9. The van der Waals surface area contributed by atoms with Crippen LogP contribution in [0.1, 0.15) is 5.56 Å². The van der Waals surface area contributed by atoms with Crippen LogP contribution in [-0.2, 0) is 21.2 Å². The number of hydrogen-bond acceptors (Lipinski definition) is 6. The third-order valence-corrected chi connectivity index (χ3v) is 7.19. The molecule has 0 aliphatic rings. The molecule has 0 saturated heterocycles.